The predicted octanol–water partition coefficient (Wildman–Crippen LogP) is 1.82. The van der Waals surface area contributed by atoms with Crippen molar-refractivity contribution in [3.8, 4) is 5.75 Å². The van der Waals surface area contributed by atoms with E-state index >= 15 is 0 Å². The molecule has 3 N–H and O–H groups in total. The maximum Gasteiger partial charge on any atom is 0.134 e. The monoisotopic (exact) mass is 188 g/mol. The van der Waals surface area contributed by atoms with E-state index in [1.54, 1.807) is 12.1 Å². The molecule has 0 aliphatic heterocycles. The minimum Gasteiger partial charge on any atom is -0.508 e. The third-order valence-corrected chi connectivity index (χ3v) is 2.25. The molecule has 14 heavy (non-hydrogen) atoms. The molecule has 0 saturated carbocycles. The number of phenols is 1. The lowest BCUT2D eigenvalue weighted by Gasteiger charge is -2.04. The lowest BCUT2D eigenvalue weighted by molar-refractivity contribution is -0.512. The van der Waals surface area contributed by atoms with Gasteiger partial charge in [0.15, 0.2) is 0 Å². The molecule has 1 aliphatic carbocycles. The Balaban J connectivity index is 2.07. The van der Waals surface area contributed by atoms with E-state index in [1.165, 1.54) is 5.70 Å². The fourth-order valence-electron chi connectivity index (χ4n) is 1.50. The molecule has 1 aliphatic rings. The second-order valence-electron chi connectivity index (χ2n) is 3.42. The van der Waals surface area contributed by atoms with E-state index in [-0.39, 0.29) is 0 Å². The Bertz CT molecular complexity index is 362. The largest absolute Gasteiger partial charge is 0.508 e. The number of quaternary nitrogens is 1. The maximum atomic E-state index is 9.12. The number of allylic oxidation sites excluding steroid dienone is 3. The van der Waals surface area contributed by atoms with Gasteiger partial charge in [0.05, 0.1) is 0 Å². The molecule has 0 spiro atoms. The van der Waals surface area contributed by atoms with Crippen LogP contribution < -0.4 is 5.32 Å². The summed E-state index contributed by atoms with van der Waals surface area (Å²) in [7, 11) is 0. The summed E-state index contributed by atoms with van der Waals surface area (Å²) < 4.78 is 0. The number of rotatable bonds is 2. The second-order valence-corrected chi connectivity index (χ2v) is 3.42. The smallest absolute Gasteiger partial charge is 0.134 e. The Morgan fingerprint density at radius 1 is 1.07 bits per heavy atom. The standard InChI is InChI=1S/C12H13NO/c14-12-8-6-11(7-9-12)13-10-4-2-1-3-5-10/h2,4-9,13-14H,1,3H2/p+1. The van der Waals surface area contributed by atoms with Crippen LogP contribution in [0.4, 0.5) is 5.69 Å². The van der Waals surface area contributed by atoms with E-state index in [4.69, 9.17) is 5.11 Å². The van der Waals surface area contributed by atoms with E-state index in [9.17, 15) is 0 Å². The molecule has 2 nitrogen and oxygen atoms in total. The van der Waals surface area contributed by atoms with Crippen molar-refractivity contribution in [2.75, 3.05) is 0 Å². The van der Waals surface area contributed by atoms with Gasteiger partial charge < -0.3 is 5.11 Å². The molecule has 0 bridgehead atoms. The van der Waals surface area contributed by atoms with Gasteiger partial charge in [0.1, 0.15) is 17.1 Å². The van der Waals surface area contributed by atoms with Crippen molar-refractivity contribution >= 4 is 5.69 Å². The zero-order chi connectivity index (χ0) is 9.80. The van der Waals surface area contributed by atoms with Gasteiger partial charge in [-0.1, -0.05) is 6.08 Å². The summed E-state index contributed by atoms with van der Waals surface area (Å²) in [4.78, 5) is 0. The minimum absolute atomic E-state index is 0.315. The summed E-state index contributed by atoms with van der Waals surface area (Å²) in [6, 6.07) is 7.25. The van der Waals surface area contributed by atoms with E-state index < -0.39 is 0 Å². The summed E-state index contributed by atoms with van der Waals surface area (Å²) >= 11 is 0. The molecule has 0 heterocycles. The summed E-state index contributed by atoms with van der Waals surface area (Å²) in [6.07, 6.45) is 8.82. The van der Waals surface area contributed by atoms with Crippen molar-refractivity contribution in [2.45, 2.75) is 12.8 Å². The third kappa shape index (κ3) is 2.24. The lowest BCUT2D eigenvalue weighted by atomic mass is 10.1. The molecule has 0 radical (unpaired) electrons. The summed E-state index contributed by atoms with van der Waals surface area (Å²) in [5.74, 6) is 0.315. The molecule has 1 aromatic rings. The second kappa shape index (κ2) is 4.11. The van der Waals surface area contributed by atoms with Crippen LogP contribution in [0.15, 0.2) is 48.2 Å². The van der Waals surface area contributed by atoms with Gasteiger partial charge in [-0.15, -0.1) is 0 Å². The van der Waals surface area contributed by atoms with Crippen molar-refractivity contribution < 1.29 is 10.4 Å². The van der Waals surface area contributed by atoms with Gasteiger partial charge in [-0.2, -0.15) is 0 Å². The molecule has 0 atom stereocenters. The average molecular weight is 188 g/mol. The van der Waals surface area contributed by atoms with Gasteiger partial charge in [-0.25, -0.2) is 0 Å². The van der Waals surface area contributed by atoms with Crippen LogP contribution in [0.3, 0.4) is 0 Å². The van der Waals surface area contributed by atoms with E-state index in [0.717, 1.165) is 18.5 Å². The highest BCUT2D eigenvalue weighted by molar-refractivity contribution is 5.35. The average Bonchev–Trinajstić information content (AvgIpc) is 2.23. The van der Waals surface area contributed by atoms with Gasteiger partial charge >= 0.3 is 0 Å². The van der Waals surface area contributed by atoms with Crippen molar-refractivity contribution in [3.05, 3.63) is 48.2 Å². The van der Waals surface area contributed by atoms with Crippen LogP contribution in [0.1, 0.15) is 12.8 Å². The molecule has 2 heteroatoms. The third-order valence-electron chi connectivity index (χ3n) is 2.25. The van der Waals surface area contributed by atoms with Crippen LogP contribution in [0.5, 0.6) is 5.75 Å². The van der Waals surface area contributed by atoms with Crippen molar-refractivity contribution in [1.29, 1.82) is 0 Å². The summed E-state index contributed by atoms with van der Waals surface area (Å²) in [6.45, 7) is 0. The number of aromatic hydroxyl groups is 1. The predicted molar refractivity (Wildman–Crippen MR) is 56.1 cm³/mol. The fourth-order valence-corrected chi connectivity index (χ4v) is 1.50. The van der Waals surface area contributed by atoms with E-state index in [1.807, 2.05) is 12.1 Å². The Morgan fingerprint density at radius 2 is 1.86 bits per heavy atom. The van der Waals surface area contributed by atoms with Gasteiger partial charge in [0.2, 0.25) is 0 Å². The maximum absolute atomic E-state index is 9.12. The Labute approximate surface area is 83.6 Å². The highest BCUT2D eigenvalue weighted by Crippen LogP contribution is 2.11. The molecule has 0 fully saturated rings. The van der Waals surface area contributed by atoms with Crippen molar-refractivity contribution in [3.63, 3.8) is 0 Å². The van der Waals surface area contributed by atoms with Gasteiger partial charge in [0, 0.05) is 12.1 Å². The first-order chi connectivity index (χ1) is 6.84. The molecule has 2 rings (SSSR count). The van der Waals surface area contributed by atoms with Crippen LogP contribution in [0, 0.1) is 0 Å². The van der Waals surface area contributed by atoms with Gasteiger partial charge in [-0.05, 0) is 37.1 Å². The zero-order valence-electron chi connectivity index (χ0n) is 7.98. The zero-order valence-corrected chi connectivity index (χ0v) is 7.98. The molecule has 0 aromatic heterocycles. The van der Waals surface area contributed by atoms with E-state index in [0.29, 0.717) is 5.75 Å². The molecule has 0 amide bonds. The first kappa shape index (κ1) is 9.03. The van der Waals surface area contributed by atoms with Gasteiger partial charge in [0.25, 0.3) is 0 Å². The number of hydrogen-bond acceptors (Lipinski definition) is 1. The first-order valence-corrected chi connectivity index (χ1v) is 4.85. The molecule has 0 saturated heterocycles. The molecule has 72 valence electrons. The highest BCUT2D eigenvalue weighted by atomic mass is 16.3. The Kier molecular flexibility index (Phi) is 2.65. The Morgan fingerprint density at radius 3 is 2.50 bits per heavy atom. The first-order valence-electron chi connectivity index (χ1n) is 4.85. The van der Waals surface area contributed by atoms with Crippen LogP contribution in [-0.4, -0.2) is 5.11 Å². The SMILES string of the molecule is Oc1ccc([NH2+]C2=CCCC=C2)cc1. The highest BCUT2D eigenvalue weighted by Gasteiger charge is 2.02. The topological polar surface area (TPSA) is 36.8 Å². The number of phenolic OH excluding ortho intramolecular Hbond substituents is 1. The Hall–Kier alpha value is -1.54. The lowest BCUT2D eigenvalue weighted by Crippen LogP contribution is -2.75. The summed E-state index contributed by atoms with van der Waals surface area (Å²) in [5, 5.41) is 11.2. The fraction of sp³-hybridized carbons (Fsp3) is 0.167. The van der Waals surface area contributed by atoms with E-state index in [2.05, 4.69) is 23.5 Å². The quantitative estimate of drug-likeness (QED) is 0.539. The normalized spacial score (nSPS) is 15.3. The van der Waals surface area contributed by atoms with Crippen LogP contribution >= 0.6 is 0 Å². The van der Waals surface area contributed by atoms with Crippen LogP contribution in [0.25, 0.3) is 0 Å². The van der Waals surface area contributed by atoms with Crippen LogP contribution in [0.2, 0.25) is 0 Å². The number of hydrogen-bond donors (Lipinski definition) is 2. The molecule has 1 aromatic carbocycles. The molecule has 0 unspecified atom stereocenters. The molecular formula is C12H14NO+. The van der Waals surface area contributed by atoms with Crippen molar-refractivity contribution in [1.82, 2.24) is 0 Å². The number of benzene rings is 1. The summed E-state index contributed by atoms with van der Waals surface area (Å²) in [5.41, 5.74) is 2.38. The molecular weight excluding hydrogens is 174 g/mol. The minimum atomic E-state index is 0.315. The number of nitrogens with two attached hydrogens (primary N) is 1. The van der Waals surface area contributed by atoms with Crippen LogP contribution in [-0.2, 0) is 0 Å². The van der Waals surface area contributed by atoms with Gasteiger partial charge in [-0.3, -0.25) is 5.32 Å². The van der Waals surface area contributed by atoms with Crippen molar-refractivity contribution in [2.24, 2.45) is 0 Å².